The van der Waals surface area contributed by atoms with Gasteiger partial charge in [-0.05, 0) is 22.8 Å². The molecule has 0 saturated carbocycles. The second-order valence-corrected chi connectivity index (χ2v) is 6.86. The Labute approximate surface area is 173 Å². The predicted octanol–water partition coefficient (Wildman–Crippen LogP) is 2.09. The number of carbonyl (C=O) groups excluding carboxylic acids is 3. The Bertz CT molecular complexity index is 1000. The topological polar surface area (TPSA) is 116 Å². The van der Waals surface area contributed by atoms with Crippen LogP contribution < -0.4 is 10.6 Å². The van der Waals surface area contributed by atoms with Crippen molar-refractivity contribution in [3.8, 4) is 11.1 Å². The van der Waals surface area contributed by atoms with Crippen molar-refractivity contribution in [2.24, 2.45) is 0 Å². The molecule has 3 rings (SSSR count). The first kappa shape index (κ1) is 20.8. The van der Waals surface area contributed by atoms with Crippen molar-refractivity contribution in [2.75, 3.05) is 7.05 Å². The fourth-order valence-corrected chi connectivity index (χ4v) is 3.14. The van der Waals surface area contributed by atoms with Gasteiger partial charge in [0.1, 0.15) is 0 Å². The van der Waals surface area contributed by atoms with Gasteiger partial charge >= 0.3 is 12.0 Å². The van der Waals surface area contributed by atoms with Gasteiger partial charge in [0.25, 0.3) is 5.91 Å². The van der Waals surface area contributed by atoms with Gasteiger partial charge in [0.05, 0.1) is 12.5 Å². The summed E-state index contributed by atoms with van der Waals surface area (Å²) in [6.07, 6.45) is 2.16. The molecule has 0 aliphatic carbocycles. The van der Waals surface area contributed by atoms with E-state index in [-0.39, 0.29) is 6.42 Å². The number of likely N-dealkylation sites (N-methyl/N-ethyl adjacent to an activating group) is 1. The predicted molar refractivity (Wildman–Crippen MR) is 109 cm³/mol. The molecule has 0 aromatic heterocycles. The summed E-state index contributed by atoms with van der Waals surface area (Å²) in [4.78, 5) is 49.1. The molecular formula is C22H21N3O5. The molecule has 2 aromatic rings. The number of carbonyl (C=O) groups is 4. The van der Waals surface area contributed by atoms with E-state index in [1.807, 2.05) is 36.4 Å². The fraction of sp³-hybridized carbons (Fsp3) is 0.182. The van der Waals surface area contributed by atoms with Crippen molar-refractivity contribution in [1.29, 1.82) is 0 Å². The van der Waals surface area contributed by atoms with Crippen LogP contribution in [0, 0.1) is 0 Å². The van der Waals surface area contributed by atoms with Crippen molar-refractivity contribution in [1.82, 2.24) is 15.5 Å². The maximum Gasteiger partial charge on any atom is 0.316 e. The van der Waals surface area contributed by atoms with Crippen LogP contribution in [-0.4, -0.2) is 46.8 Å². The quantitative estimate of drug-likeness (QED) is 0.634. The number of hydrogen-bond acceptors (Lipinski definition) is 4. The summed E-state index contributed by atoms with van der Waals surface area (Å²) in [5, 5.41) is 14.2. The van der Waals surface area contributed by atoms with E-state index in [1.54, 1.807) is 18.2 Å². The van der Waals surface area contributed by atoms with Crippen LogP contribution in [0.2, 0.25) is 0 Å². The average Bonchev–Trinajstić information content (AvgIpc) is 2.74. The number of nitrogens with zero attached hydrogens (tertiary/aromatic N) is 1. The highest BCUT2D eigenvalue weighted by molar-refractivity contribution is 6.14. The third kappa shape index (κ3) is 4.91. The van der Waals surface area contributed by atoms with Crippen LogP contribution in [0.25, 0.3) is 11.1 Å². The van der Waals surface area contributed by atoms with Gasteiger partial charge in [0.2, 0.25) is 0 Å². The normalized spacial score (nSPS) is 16.8. The zero-order chi connectivity index (χ0) is 21.7. The monoisotopic (exact) mass is 407 g/mol. The van der Waals surface area contributed by atoms with E-state index >= 15 is 0 Å². The molecule has 1 unspecified atom stereocenters. The number of hydrogen-bond donors (Lipinski definition) is 3. The first-order valence-corrected chi connectivity index (χ1v) is 9.28. The van der Waals surface area contributed by atoms with Gasteiger partial charge < -0.3 is 20.6 Å². The number of carboxylic acids is 1. The molecule has 0 bridgehead atoms. The number of carboxylic acid groups (broad SMARTS) is 1. The van der Waals surface area contributed by atoms with E-state index < -0.39 is 35.8 Å². The lowest BCUT2D eigenvalue weighted by molar-refractivity contribution is -0.138. The summed E-state index contributed by atoms with van der Waals surface area (Å²) < 4.78 is 0. The molecule has 0 fully saturated rings. The second kappa shape index (κ2) is 9.04. The summed E-state index contributed by atoms with van der Waals surface area (Å²) in [6.45, 7) is 0. The second-order valence-electron chi connectivity index (χ2n) is 6.86. The minimum absolute atomic E-state index is 0.363. The van der Waals surface area contributed by atoms with Crippen LogP contribution in [0.4, 0.5) is 4.79 Å². The molecule has 0 spiro atoms. The number of rotatable bonds is 6. The molecule has 1 aliphatic heterocycles. The van der Waals surface area contributed by atoms with E-state index in [4.69, 9.17) is 0 Å². The number of nitrogens with one attached hydrogen (secondary N) is 2. The van der Waals surface area contributed by atoms with Gasteiger partial charge in [-0.2, -0.15) is 0 Å². The first-order chi connectivity index (χ1) is 14.3. The van der Waals surface area contributed by atoms with Crippen LogP contribution >= 0.6 is 0 Å². The highest BCUT2D eigenvalue weighted by atomic mass is 16.4. The Hall–Kier alpha value is -3.94. The molecule has 8 nitrogen and oxygen atoms in total. The van der Waals surface area contributed by atoms with Gasteiger partial charge in [0.15, 0.2) is 11.8 Å². The van der Waals surface area contributed by atoms with Gasteiger partial charge in [-0.3, -0.25) is 14.4 Å². The molecule has 0 saturated heterocycles. The summed E-state index contributed by atoms with van der Waals surface area (Å²) >= 11 is 0. The maximum absolute atomic E-state index is 12.5. The number of benzene rings is 2. The number of urea groups is 1. The van der Waals surface area contributed by atoms with E-state index in [0.29, 0.717) is 5.56 Å². The maximum atomic E-state index is 12.5. The first-order valence-electron chi connectivity index (χ1n) is 9.28. The van der Waals surface area contributed by atoms with E-state index in [0.717, 1.165) is 11.1 Å². The van der Waals surface area contributed by atoms with E-state index in [2.05, 4.69) is 10.6 Å². The molecule has 2 aromatic carbocycles. The van der Waals surface area contributed by atoms with Gasteiger partial charge in [-0.25, -0.2) is 4.79 Å². The molecule has 1 aliphatic rings. The Morgan fingerprint density at radius 2 is 1.77 bits per heavy atom. The smallest absolute Gasteiger partial charge is 0.316 e. The number of aliphatic carboxylic acids is 1. The van der Waals surface area contributed by atoms with Crippen molar-refractivity contribution >= 4 is 23.7 Å². The van der Waals surface area contributed by atoms with Crippen molar-refractivity contribution in [2.45, 2.75) is 18.5 Å². The highest BCUT2D eigenvalue weighted by Crippen LogP contribution is 2.25. The fourth-order valence-electron chi connectivity index (χ4n) is 3.14. The molecule has 30 heavy (non-hydrogen) atoms. The Balaban J connectivity index is 1.79. The number of amides is 3. The summed E-state index contributed by atoms with van der Waals surface area (Å²) in [5.41, 5.74) is 2.41. The third-order valence-electron chi connectivity index (χ3n) is 4.70. The standard InChI is InChI=1S/C22H21N3O5/c1-25-11-10-18(26)20(21(25)29)24-22(30)23-17(13-19(27)28)16-9-5-8-15(12-16)14-6-3-2-4-7-14/h2-12,17,20H,13H2,1H3,(H,27,28)(H2,23,24,30)/t17-,20?/m0/s1. The lowest BCUT2D eigenvalue weighted by atomic mass is 9.98. The molecule has 0 radical (unpaired) electrons. The molecule has 2 atom stereocenters. The zero-order valence-electron chi connectivity index (χ0n) is 16.2. The molecule has 154 valence electrons. The molecule has 8 heteroatoms. The van der Waals surface area contributed by atoms with Crippen LogP contribution in [0.3, 0.4) is 0 Å². The van der Waals surface area contributed by atoms with Crippen molar-refractivity contribution < 1.29 is 24.3 Å². The van der Waals surface area contributed by atoms with Crippen LogP contribution in [-0.2, 0) is 14.4 Å². The molecular weight excluding hydrogens is 386 g/mol. The van der Waals surface area contributed by atoms with Gasteiger partial charge in [0, 0.05) is 19.3 Å². The Morgan fingerprint density at radius 3 is 2.47 bits per heavy atom. The zero-order valence-corrected chi connectivity index (χ0v) is 16.2. The summed E-state index contributed by atoms with van der Waals surface area (Å²) in [5.74, 6) is -2.22. The highest BCUT2D eigenvalue weighted by Gasteiger charge is 2.32. The Kier molecular flexibility index (Phi) is 6.26. The largest absolute Gasteiger partial charge is 0.481 e. The molecule has 3 amide bonds. The van der Waals surface area contributed by atoms with Gasteiger partial charge in [-0.1, -0.05) is 48.5 Å². The lowest BCUT2D eigenvalue weighted by Crippen LogP contribution is -2.55. The van der Waals surface area contributed by atoms with E-state index in [9.17, 15) is 24.3 Å². The minimum Gasteiger partial charge on any atom is -0.481 e. The SMILES string of the molecule is CN1C=CC(=O)C(NC(=O)N[C@@H](CC(=O)O)c2cccc(-c3ccccc3)c2)C1=O. The lowest BCUT2D eigenvalue weighted by Gasteiger charge is -2.25. The van der Waals surface area contributed by atoms with Crippen molar-refractivity contribution in [3.05, 3.63) is 72.4 Å². The van der Waals surface area contributed by atoms with E-state index in [1.165, 1.54) is 24.2 Å². The minimum atomic E-state index is -1.35. The summed E-state index contributed by atoms with van der Waals surface area (Å²) in [7, 11) is 1.47. The van der Waals surface area contributed by atoms with Crippen LogP contribution in [0.1, 0.15) is 18.0 Å². The van der Waals surface area contributed by atoms with Gasteiger partial charge in [-0.15, -0.1) is 0 Å². The van der Waals surface area contributed by atoms with Crippen molar-refractivity contribution in [3.63, 3.8) is 0 Å². The van der Waals surface area contributed by atoms with Crippen LogP contribution in [0.5, 0.6) is 0 Å². The summed E-state index contributed by atoms with van der Waals surface area (Å²) in [6, 6.07) is 13.7. The molecule has 1 heterocycles. The Morgan fingerprint density at radius 1 is 1.07 bits per heavy atom. The number of ketones is 1. The molecule has 3 N–H and O–H groups in total. The average molecular weight is 407 g/mol. The van der Waals surface area contributed by atoms with Crippen LogP contribution in [0.15, 0.2) is 66.9 Å². The third-order valence-corrected chi connectivity index (χ3v) is 4.70.